The Labute approximate surface area is 128 Å². The van der Waals surface area contributed by atoms with Gasteiger partial charge in [-0.25, -0.2) is 0 Å². The van der Waals surface area contributed by atoms with Crippen molar-refractivity contribution in [3.8, 4) is 5.75 Å². The van der Waals surface area contributed by atoms with Crippen LogP contribution in [0.1, 0.15) is 15.9 Å². The highest BCUT2D eigenvalue weighted by molar-refractivity contribution is 5.96. The van der Waals surface area contributed by atoms with Crippen molar-refractivity contribution in [2.75, 3.05) is 7.11 Å². The van der Waals surface area contributed by atoms with Gasteiger partial charge in [0.2, 0.25) is 0 Å². The Balaban J connectivity index is 1.74. The SMILES string of the molecule is COc1ccccc1C(=O)NCc1cnc2ccccc2c1. The van der Waals surface area contributed by atoms with Crippen molar-refractivity contribution in [1.82, 2.24) is 10.3 Å². The van der Waals surface area contributed by atoms with Gasteiger partial charge in [-0.15, -0.1) is 0 Å². The van der Waals surface area contributed by atoms with E-state index in [-0.39, 0.29) is 5.91 Å². The van der Waals surface area contributed by atoms with Gasteiger partial charge < -0.3 is 10.1 Å². The van der Waals surface area contributed by atoms with Gasteiger partial charge in [0.25, 0.3) is 5.91 Å². The summed E-state index contributed by atoms with van der Waals surface area (Å²) in [5.74, 6) is 0.405. The van der Waals surface area contributed by atoms with Gasteiger partial charge in [-0.3, -0.25) is 9.78 Å². The maximum absolute atomic E-state index is 12.2. The molecule has 0 unspecified atom stereocenters. The van der Waals surface area contributed by atoms with Crippen LogP contribution in [0, 0.1) is 0 Å². The molecule has 0 radical (unpaired) electrons. The Morgan fingerprint density at radius 1 is 1.14 bits per heavy atom. The van der Waals surface area contributed by atoms with Crippen LogP contribution in [0.25, 0.3) is 10.9 Å². The lowest BCUT2D eigenvalue weighted by atomic mass is 10.1. The van der Waals surface area contributed by atoms with Crippen molar-refractivity contribution in [3.05, 3.63) is 71.9 Å². The Morgan fingerprint density at radius 3 is 2.77 bits per heavy atom. The first-order valence-electron chi connectivity index (χ1n) is 7.03. The number of para-hydroxylation sites is 2. The predicted octanol–water partition coefficient (Wildman–Crippen LogP) is 3.17. The summed E-state index contributed by atoms with van der Waals surface area (Å²) in [6, 6.07) is 17.1. The second-order valence-corrected chi connectivity index (χ2v) is 4.92. The average molecular weight is 292 g/mol. The fourth-order valence-corrected chi connectivity index (χ4v) is 2.32. The van der Waals surface area contributed by atoms with Crippen LogP contribution < -0.4 is 10.1 Å². The molecular formula is C18H16N2O2. The molecule has 0 bridgehead atoms. The number of aromatic nitrogens is 1. The molecule has 0 saturated heterocycles. The van der Waals surface area contributed by atoms with E-state index in [9.17, 15) is 4.79 Å². The summed E-state index contributed by atoms with van der Waals surface area (Å²) in [7, 11) is 1.55. The molecule has 1 heterocycles. The van der Waals surface area contributed by atoms with Crippen LogP contribution in [0.2, 0.25) is 0 Å². The van der Waals surface area contributed by atoms with Crippen LogP contribution >= 0.6 is 0 Å². The third-order valence-corrected chi connectivity index (χ3v) is 3.45. The van der Waals surface area contributed by atoms with Crippen LogP contribution in [-0.4, -0.2) is 18.0 Å². The van der Waals surface area contributed by atoms with E-state index >= 15 is 0 Å². The number of amides is 1. The number of carbonyl (C=O) groups is 1. The summed E-state index contributed by atoms with van der Waals surface area (Å²) in [6.07, 6.45) is 1.78. The minimum atomic E-state index is -0.161. The fraction of sp³-hybridized carbons (Fsp3) is 0.111. The third-order valence-electron chi connectivity index (χ3n) is 3.45. The second-order valence-electron chi connectivity index (χ2n) is 4.92. The van der Waals surface area contributed by atoms with Gasteiger partial charge in [-0.2, -0.15) is 0 Å². The average Bonchev–Trinajstić information content (AvgIpc) is 2.59. The summed E-state index contributed by atoms with van der Waals surface area (Å²) < 4.78 is 5.20. The molecule has 0 aliphatic carbocycles. The summed E-state index contributed by atoms with van der Waals surface area (Å²) in [6.45, 7) is 0.425. The number of hydrogen-bond acceptors (Lipinski definition) is 3. The number of pyridine rings is 1. The van der Waals surface area contributed by atoms with E-state index in [2.05, 4.69) is 10.3 Å². The van der Waals surface area contributed by atoms with Crippen molar-refractivity contribution >= 4 is 16.8 Å². The summed E-state index contributed by atoms with van der Waals surface area (Å²) in [5, 5.41) is 3.96. The smallest absolute Gasteiger partial charge is 0.255 e. The number of benzene rings is 2. The van der Waals surface area contributed by atoms with Crippen LogP contribution in [0.5, 0.6) is 5.75 Å². The van der Waals surface area contributed by atoms with Gasteiger partial charge in [0, 0.05) is 18.1 Å². The molecule has 4 heteroatoms. The van der Waals surface area contributed by atoms with Gasteiger partial charge in [0.05, 0.1) is 18.2 Å². The van der Waals surface area contributed by atoms with E-state index < -0.39 is 0 Å². The molecule has 1 N–H and O–H groups in total. The number of nitrogens with one attached hydrogen (secondary N) is 1. The van der Waals surface area contributed by atoms with Crippen molar-refractivity contribution in [3.63, 3.8) is 0 Å². The Hall–Kier alpha value is -2.88. The highest BCUT2D eigenvalue weighted by Crippen LogP contribution is 2.17. The zero-order chi connectivity index (χ0) is 15.4. The molecule has 4 nitrogen and oxygen atoms in total. The lowest BCUT2D eigenvalue weighted by Crippen LogP contribution is -2.23. The van der Waals surface area contributed by atoms with Crippen LogP contribution in [0.3, 0.4) is 0 Å². The van der Waals surface area contributed by atoms with Crippen molar-refractivity contribution in [2.24, 2.45) is 0 Å². The first kappa shape index (κ1) is 14.1. The Kier molecular flexibility index (Phi) is 4.01. The van der Waals surface area contributed by atoms with Crippen LogP contribution in [-0.2, 0) is 6.54 Å². The fourth-order valence-electron chi connectivity index (χ4n) is 2.32. The third kappa shape index (κ3) is 2.91. The molecule has 0 saturated carbocycles. The monoisotopic (exact) mass is 292 g/mol. The lowest BCUT2D eigenvalue weighted by molar-refractivity contribution is 0.0948. The van der Waals surface area contributed by atoms with E-state index in [0.717, 1.165) is 16.5 Å². The van der Waals surface area contributed by atoms with E-state index in [1.165, 1.54) is 0 Å². The number of carbonyl (C=O) groups excluding carboxylic acids is 1. The molecule has 0 aliphatic heterocycles. The normalized spacial score (nSPS) is 10.4. The van der Waals surface area contributed by atoms with Gasteiger partial charge >= 0.3 is 0 Å². The van der Waals surface area contributed by atoms with Gasteiger partial charge in [0.15, 0.2) is 0 Å². The molecule has 110 valence electrons. The van der Waals surface area contributed by atoms with E-state index in [0.29, 0.717) is 17.9 Å². The quantitative estimate of drug-likeness (QED) is 0.803. The second kappa shape index (κ2) is 6.26. The van der Waals surface area contributed by atoms with E-state index in [4.69, 9.17) is 4.74 Å². The van der Waals surface area contributed by atoms with Crippen LogP contribution in [0.15, 0.2) is 60.8 Å². The number of rotatable bonds is 4. The molecule has 1 amide bonds. The first-order chi connectivity index (χ1) is 10.8. The topological polar surface area (TPSA) is 51.2 Å². The molecule has 3 rings (SSSR count). The molecule has 3 aromatic rings. The van der Waals surface area contributed by atoms with Crippen LogP contribution in [0.4, 0.5) is 0 Å². The largest absolute Gasteiger partial charge is 0.496 e. The molecule has 1 aromatic heterocycles. The van der Waals surface area contributed by atoms with Gasteiger partial charge in [0.1, 0.15) is 5.75 Å². The van der Waals surface area contributed by atoms with E-state index in [1.54, 1.807) is 25.4 Å². The summed E-state index contributed by atoms with van der Waals surface area (Å²) in [5.41, 5.74) is 2.43. The predicted molar refractivity (Wildman–Crippen MR) is 85.9 cm³/mol. The standard InChI is InChI=1S/C18H16N2O2/c1-22-17-9-5-3-7-15(17)18(21)20-12-13-10-14-6-2-4-8-16(14)19-11-13/h2-11H,12H2,1H3,(H,20,21). The lowest BCUT2D eigenvalue weighted by Gasteiger charge is -2.09. The number of hydrogen-bond donors (Lipinski definition) is 1. The van der Waals surface area contributed by atoms with E-state index in [1.807, 2.05) is 42.5 Å². The first-order valence-corrected chi connectivity index (χ1v) is 7.03. The minimum Gasteiger partial charge on any atom is -0.496 e. The maximum atomic E-state index is 12.2. The minimum absolute atomic E-state index is 0.161. The maximum Gasteiger partial charge on any atom is 0.255 e. The molecule has 0 aliphatic rings. The molecular weight excluding hydrogens is 276 g/mol. The van der Waals surface area contributed by atoms with Crippen molar-refractivity contribution in [2.45, 2.75) is 6.54 Å². The summed E-state index contributed by atoms with van der Waals surface area (Å²) in [4.78, 5) is 16.6. The molecule has 22 heavy (non-hydrogen) atoms. The molecule has 0 spiro atoms. The van der Waals surface area contributed by atoms with Gasteiger partial charge in [-0.05, 0) is 29.8 Å². The number of fused-ring (bicyclic) bond motifs is 1. The van der Waals surface area contributed by atoms with Crippen molar-refractivity contribution in [1.29, 1.82) is 0 Å². The number of nitrogens with zero attached hydrogens (tertiary/aromatic N) is 1. The molecule has 0 fully saturated rings. The van der Waals surface area contributed by atoms with Gasteiger partial charge in [-0.1, -0.05) is 30.3 Å². The summed E-state index contributed by atoms with van der Waals surface area (Å²) >= 11 is 0. The Bertz CT molecular complexity index is 815. The highest BCUT2D eigenvalue weighted by atomic mass is 16.5. The highest BCUT2D eigenvalue weighted by Gasteiger charge is 2.10. The number of methoxy groups -OCH3 is 1. The Morgan fingerprint density at radius 2 is 1.91 bits per heavy atom. The zero-order valence-electron chi connectivity index (χ0n) is 12.2. The number of ether oxygens (including phenoxy) is 1. The van der Waals surface area contributed by atoms with Crippen molar-refractivity contribution < 1.29 is 9.53 Å². The zero-order valence-corrected chi connectivity index (χ0v) is 12.2. The molecule has 0 atom stereocenters. The molecule has 2 aromatic carbocycles.